The molecule has 3 heterocycles. The average molecular weight is 496 g/mol. The van der Waals surface area contributed by atoms with Gasteiger partial charge in [-0.15, -0.1) is 0 Å². The van der Waals surface area contributed by atoms with Gasteiger partial charge in [-0.25, -0.2) is 0 Å². The molecule has 1 aliphatic heterocycles. The van der Waals surface area contributed by atoms with Crippen molar-refractivity contribution in [2.24, 2.45) is 0 Å². The van der Waals surface area contributed by atoms with Gasteiger partial charge in [0.05, 0.1) is 34.6 Å². The van der Waals surface area contributed by atoms with Crippen molar-refractivity contribution in [3.63, 3.8) is 0 Å². The first-order valence-electron chi connectivity index (χ1n) is 10.3. The van der Waals surface area contributed by atoms with E-state index in [1.165, 1.54) is 0 Å². The Bertz CT molecular complexity index is 1310. The molecular weight excluding hydrogens is 477 g/mol. The molecule has 5 nitrogen and oxygen atoms in total. The van der Waals surface area contributed by atoms with Gasteiger partial charge in [0.25, 0.3) is 0 Å². The van der Waals surface area contributed by atoms with E-state index in [4.69, 9.17) is 44.6 Å². The summed E-state index contributed by atoms with van der Waals surface area (Å²) in [6.45, 7) is 0. The van der Waals surface area contributed by atoms with Crippen molar-refractivity contribution < 1.29 is 9.15 Å². The number of furan rings is 1. The highest BCUT2D eigenvalue weighted by Gasteiger charge is 2.43. The Morgan fingerprint density at radius 3 is 2.58 bits per heavy atom. The Balaban J connectivity index is 1.62. The van der Waals surface area contributed by atoms with Crippen LogP contribution in [0.1, 0.15) is 23.5 Å². The first kappa shape index (κ1) is 21.8. The summed E-state index contributed by atoms with van der Waals surface area (Å²) in [6, 6.07) is 22.4. The molecule has 33 heavy (non-hydrogen) atoms. The number of pyridine rings is 1. The molecular formula is C25H19Cl2N3O2S. The van der Waals surface area contributed by atoms with Crippen LogP contribution in [0, 0.1) is 0 Å². The number of anilines is 1. The minimum absolute atomic E-state index is 0.226. The molecule has 2 aromatic heterocycles. The zero-order valence-corrected chi connectivity index (χ0v) is 19.9. The predicted octanol–water partition coefficient (Wildman–Crippen LogP) is 6.83. The van der Waals surface area contributed by atoms with Gasteiger partial charge in [0.15, 0.2) is 5.11 Å². The van der Waals surface area contributed by atoms with Crippen LogP contribution in [0.3, 0.4) is 0 Å². The van der Waals surface area contributed by atoms with Crippen molar-refractivity contribution in [1.29, 1.82) is 0 Å². The van der Waals surface area contributed by atoms with Gasteiger partial charge in [-0.1, -0.05) is 41.4 Å². The zero-order valence-electron chi connectivity index (χ0n) is 17.5. The fourth-order valence-electron chi connectivity index (χ4n) is 4.05. The molecule has 0 amide bonds. The van der Waals surface area contributed by atoms with E-state index in [1.807, 2.05) is 65.6 Å². The zero-order chi connectivity index (χ0) is 22.9. The van der Waals surface area contributed by atoms with Crippen molar-refractivity contribution in [1.82, 2.24) is 10.3 Å². The predicted molar refractivity (Wildman–Crippen MR) is 135 cm³/mol. The van der Waals surface area contributed by atoms with Crippen LogP contribution in [0.5, 0.6) is 5.75 Å². The van der Waals surface area contributed by atoms with Crippen LogP contribution in [0.4, 0.5) is 5.69 Å². The lowest BCUT2D eigenvalue weighted by atomic mass is 10.0. The molecule has 2 atom stereocenters. The molecule has 1 saturated heterocycles. The number of aromatic nitrogens is 1. The average Bonchev–Trinajstić information content (AvgIpc) is 3.46. The number of thiocarbonyl (C=S) groups is 1. The summed E-state index contributed by atoms with van der Waals surface area (Å²) in [5, 5.41) is 4.95. The summed E-state index contributed by atoms with van der Waals surface area (Å²) in [4.78, 5) is 6.59. The first-order chi connectivity index (χ1) is 16.1. The van der Waals surface area contributed by atoms with Crippen LogP contribution in [-0.2, 0) is 0 Å². The standard InChI is InChI=1S/C25H19Cl2N3O2S/c1-31-21-8-3-2-7-19(21)30-24(23(29-25(30)33)18-6-4-5-13-28-18)22-12-11-20(32-22)15-9-10-16(26)17(27)14-15/h2-14,23-24H,1H3,(H,29,33)/t23-,24+/m0/s1. The molecule has 8 heteroatoms. The molecule has 0 spiro atoms. The van der Waals surface area contributed by atoms with Gasteiger partial charge in [-0.2, -0.15) is 0 Å². The van der Waals surface area contributed by atoms with E-state index < -0.39 is 0 Å². The molecule has 2 aromatic carbocycles. The molecule has 0 radical (unpaired) electrons. The molecule has 5 rings (SSSR count). The lowest BCUT2D eigenvalue weighted by Crippen LogP contribution is -2.29. The molecule has 1 fully saturated rings. The lowest BCUT2D eigenvalue weighted by Gasteiger charge is -2.27. The number of ether oxygens (including phenoxy) is 1. The monoisotopic (exact) mass is 495 g/mol. The van der Waals surface area contributed by atoms with Gasteiger partial charge in [0.2, 0.25) is 0 Å². The normalized spacial score (nSPS) is 17.8. The molecule has 0 saturated carbocycles. The Hall–Kier alpha value is -3.06. The summed E-state index contributed by atoms with van der Waals surface area (Å²) >= 11 is 18.1. The number of methoxy groups -OCH3 is 1. The molecule has 166 valence electrons. The quantitative estimate of drug-likeness (QED) is 0.306. The molecule has 1 aliphatic rings. The van der Waals surface area contributed by atoms with E-state index in [1.54, 1.807) is 25.4 Å². The summed E-state index contributed by atoms with van der Waals surface area (Å²) < 4.78 is 12.0. The van der Waals surface area contributed by atoms with Crippen molar-refractivity contribution in [3.8, 4) is 17.1 Å². The minimum atomic E-state index is -0.291. The molecule has 0 aliphatic carbocycles. The van der Waals surface area contributed by atoms with E-state index in [0.717, 1.165) is 22.7 Å². The van der Waals surface area contributed by atoms with Crippen molar-refractivity contribution >= 4 is 46.2 Å². The maximum Gasteiger partial charge on any atom is 0.174 e. The van der Waals surface area contributed by atoms with Crippen LogP contribution in [0.15, 0.2) is 83.4 Å². The topological polar surface area (TPSA) is 50.5 Å². The minimum Gasteiger partial charge on any atom is -0.495 e. The van der Waals surface area contributed by atoms with Gasteiger partial charge in [-0.05, 0) is 66.8 Å². The number of nitrogens with zero attached hydrogens (tertiary/aromatic N) is 2. The third kappa shape index (κ3) is 4.06. The fraction of sp³-hybridized carbons (Fsp3) is 0.120. The van der Waals surface area contributed by atoms with Gasteiger partial charge in [0, 0.05) is 11.8 Å². The van der Waals surface area contributed by atoms with Crippen molar-refractivity contribution in [2.75, 3.05) is 12.0 Å². The Morgan fingerprint density at radius 1 is 1.00 bits per heavy atom. The number of benzene rings is 2. The maximum absolute atomic E-state index is 6.36. The van der Waals surface area contributed by atoms with Crippen LogP contribution >= 0.6 is 35.4 Å². The summed E-state index contributed by atoms with van der Waals surface area (Å²) in [7, 11) is 1.64. The third-order valence-corrected chi connectivity index (χ3v) is 6.62. The number of hydrogen-bond donors (Lipinski definition) is 1. The van der Waals surface area contributed by atoms with Crippen LogP contribution in [0.25, 0.3) is 11.3 Å². The third-order valence-electron chi connectivity index (χ3n) is 5.57. The van der Waals surface area contributed by atoms with Crippen LogP contribution < -0.4 is 15.0 Å². The lowest BCUT2D eigenvalue weighted by molar-refractivity contribution is 0.409. The second-order valence-electron chi connectivity index (χ2n) is 7.50. The SMILES string of the molecule is COc1ccccc1N1C(=S)N[C@@H](c2ccccn2)[C@H]1c1ccc(-c2ccc(Cl)c(Cl)c2)o1. The Kier molecular flexibility index (Phi) is 5.98. The number of halogens is 2. The van der Waals surface area contributed by atoms with Gasteiger partial charge < -0.3 is 19.4 Å². The summed E-state index contributed by atoms with van der Waals surface area (Å²) in [6.07, 6.45) is 1.77. The fourth-order valence-corrected chi connectivity index (χ4v) is 4.69. The second-order valence-corrected chi connectivity index (χ2v) is 8.70. The maximum atomic E-state index is 6.36. The second kappa shape index (κ2) is 9.06. The number of hydrogen-bond acceptors (Lipinski definition) is 4. The highest BCUT2D eigenvalue weighted by atomic mass is 35.5. The smallest absolute Gasteiger partial charge is 0.174 e. The molecule has 1 N–H and O–H groups in total. The van der Waals surface area contributed by atoms with Crippen LogP contribution in [0.2, 0.25) is 10.0 Å². The first-order valence-corrected chi connectivity index (χ1v) is 11.4. The van der Waals surface area contributed by atoms with Gasteiger partial charge >= 0.3 is 0 Å². The molecule has 0 unspecified atom stereocenters. The van der Waals surface area contributed by atoms with Gasteiger partial charge in [0.1, 0.15) is 23.3 Å². The Morgan fingerprint density at radius 2 is 1.82 bits per heavy atom. The van der Waals surface area contributed by atoms with E-state index in [9.17, 15) is 0 Å². The number of rotatable bonds is 5. The highest BCUT2D eigenvalue weighted by Crippen LogP contribution is 2.45. The molecule has 0 bridgehead atoms. The van der Waals surface area contributed by atoms with E-state index in [0.29, 0.717) is 26.7 Å². The van der Waals surface area contributed by atoms with E-state index in [2.05, 4.69) is 10.3 Å². The van der Waals surface area contributed by atoms with Crippen LogP contribution in [-0.4, -0.2) is 17.2 Å². The highest BCUT2D eigenvalue weighted by molar-refractivity contribution is 7.80. The number of para-hydroxylation sites is 2. The van der Waals surface area contributed by atoms with Crippen molar-refractivity contribution in [2.45, 2.75) is 12.1 Å². The van der Waals surface area contributed by atoms with Crippen molar-refractivity contribution in [3.05, 3.63) is 100 Å². The summed E-state index contributed by atoms with van der Waals surface area (Å²) in [5.74, 6) is 2.12. The number of nitrogens with one attached hydrogen (secondary N) is 1. The largest absolute Gasteiger partial charge is 0.495 e. The molecule has 4 aromatic rings. The Labute approximate surface area is 206 Å². The van der Waals surface area contributed by atoms with E-state index in [-0.39, 0.29) is 12.1 Å². The summed E-state index contributed by atoms with van der Waals surface area (Å²) in [5.41, 5.74) is 2.53. The van der Waals surface area contributed by atoms with Gasteiger partial charge in [-0.3, -0.25) is 4.98 Å². The van der Waals surface area contributed by atoms with E-state index >= 15 is 0 Å².